The summed E-state index contributed by atoms with van der Waals surface area (Å²) in [4.78, 5) is 43.0. The first-order valence-corrected chi connectivity index (χ1v) is 17.4. The van der Waals surface area contributed by atoms with Crippen LogP contribution >= 0.6 is 11.6 Å². The molecule has 0 aromatic heterocycles. The number of benzene rings is 1. The van der Waals surface area contributed by atoms with Crippen LogP contribution in [0.15, 0.2) is 18.2 Å². The van der Waals surface area contributed by atoms with Gasteiger partial charge in [0.2, 0.25) is 5.91 Å². The molecule has 2 atom stereocenters. The topological polar surface area (TPSA) is 102 Å². The zero-order valence-corrected chi connectivity index (χ0v) is 27.8. The van der Waals surface area contributed by atoms with Crippen molar-refractivity contribution in [3.05, 3.63) is 34.6 Å². The molecule has 0 radical (unpaired) electrons. The van der Waals surface area contributed by atoms with Crippen LogP contribution in [-0.2, 0) is 15.8 Å². The van der Waals surface area contributed by atoms with Crippen molar-refractivity contribution in [3.8, 4) is 0 Å². The van der Waals surface area contributed by atoms with Crippen molar-refractivity contribution < 1.29 is 28.3 Å². The Hall–Kier alpha value is -2.37. The van der Waals surface area contributed by atoms with Crippen LogP contribution < -0.4 is 5.32 Å². The van der Waals surface area contributed by atoms with Gasteiger partial charge in [-0.2, -0.15) is 0 Å². The maximum atomic E-state index is 13.9. The predicted molar refractivity (Wildman–Crippen MR) is 162 cm³/mol. The van der Waals surface area contributed by atoms with Crippen LogP contribution in [0.3, 0.4) is 0 Å². The van der Waals surface area contributed by atoms with Gasteiger partial charge in [-0.15, -0.1) is 0 Å². The van der Waals surface area contributed by atoms with E-state index in [0.717, 1.165) is 0 Å². The number of urea groups is 1. The second-order valence-electron chi connectivity index (χ2n) is 13.4. The van der Waals surface area contributed by atoms with Gasteiger partial charge in [-0.3, -0.25) is 4.79 Å². The van der Waals surface area contributed by atoms with Crippen LogP contribution in [-0.4, -0.2) is 91.5 Å². The average Bonchev–Trinajstić information content (AvgIpc) is 2.87. The molecule has 1 fully saturated rings. The van der Waals surface area contributed by atoms with Gasteiger partial charge in [0.1, 0.15) is 5.82 Å². The lowest BCUT2D eigenvalue weighted by Gasteiger charge is -2.46. The molecule has 1 aromatic carbocycles. The number of nitrogens with one attached hydrogen (secondary N) is 1. The number of nitrogens with zero attached hydrogens (tertiary/aromatic N) is 3. The van der Waals surface area contributed by atoms with Gasteiger partial charge in [0, 0.05) is 39.6 Å². The minimum absolute atomic E-state index is 0.0322. The van der Waals surface area contributed by atoms with Crippen molar-refractivity contribution in [2.45, 2.75) is 91.1 Å². The Morgan fingerprint density at radius 3 is 2.39 bits per heavy atom. The van der Waals surface area contributed by atoms with E-state index in [1.165, 1.54) is 21.9 Å². The van der Waals surface area contributed by atoms with Gasteiger partial charge < -0.3 is 29.5 Å². The first kappa shape index (κ1) is 34.8. The summed E-state index contributed by atoms with van der Waals surface area (Å²) < 4.78 is 20.3. The normalized spacial score (nSPS) is 17.3. The van der Waals surface area contributed by atoms with Crippen molar-refractivity contribution in [3.63, 3.8) is 0 Å². The highest BCUT2D eigenvalue weighted by atomic mass is 35.5. The van der Waals surface area contributed by atoms with Crippen molar-refractivity contribution in [1.82, 2.24) is 20.0 Å². The zero-order chi connectivity index (χ0) is 31.3. The first-order valence-electron chi connectivity index (χ1n) is 14.1. The molecular formula is C29H48ClFN4O5Si. The molecule has 0 aliphatic carbocycles. The fourth-order valence-corrected chi connectivity index (χ4v) is 5.72. The highest BCUT2D eigenvalue weighted by molar-refractivity contribution is 6.74. The lowest BCUT2D eigenvalue weighted by atomic mass is 9.84. The van der Waals surface area contributed by atoms with Crippen LogP contribution in [0.4, 0.5) is 14.0 Å². The molecule has 232 valence electrons. The Morgan fingerprint density at radius 1 is 1.20 bits per heavy atom. The maximum absolute atomic E-state index is 13.9. The summed E-state index contributed by atoms with van der Waals surface area (Å²) in [6, 6.07) is 3.40. The van der Waals surface area contributed by atoms with Gasteiger partial charge in [-0.25, -0.2) is 14.0 Å². The van der Waals surface area contributed by atoms with Gasteiger partial charge in [-0.1, -0.05) is 65.3 Å². The third-order valence-electron chi connectivity index (χ3n) is 8.43. The van der Waals surface area contributed by atoms with E-state index in [0.29, 0.717) is 18.5 Å². The molecule has 2 unspecified atom stereocenters. The van der Waals surface area contributed by atoms with E-state index < -0.39 is 26.3 Å². The number of halogens is 2. The van der Waals surface area contributed by atoms with E-state index >= 15 is 0 Å². The Kier molecular flexibility index (Phi) is 11.7. The molecule has 1 saturated heterocycles. The molecule has 1 heterocycles. The Morgan fingerprint density at radius 2 is 1.83 bits per heavy atom. The SMILES string of the molecule is CN(C(=O)NCc1cccc(F)c1Cl)C(CCC(=O)N1CCN(C(=O)O)CC1C(C)(C)C)CO[Si](C)(C)C(C)(C)C. The molecule has 0 bridgehead atoms. The Balaban J connectivity index is 2.17. The largest absolute Gasteiger partial charge is 0.465 e. The van der Waals surface area contributed by atoms with Crippen LogP contribution in [0.25, 0.3) is 0 Å². The summed E-state index contributed by atoms with van der Waals surface area (Å²) in [5, 5.41) is 12.2. The number of rotatable bonds is 9. The molecule has 1 aliphatic rings. The van der Waals surface area contributed by atoms with E-state index in [1.54, 1.807) is 18.0 Å². The first-order chi connectivity index (χ1) is 18.8. The van der Waals surface area contributed by atoms with Crippen LogP contribution in [0.1, 0.15) is 59.9 Å². The number of piperazine rings is 1. The second kappa shape index (κ2) is 13.7. The van der Waals surface area contributed by atoms with Gasteiger partial charge in [0.15, 0.2) is 8.32 Å². The van der Waals surface area contributed by atoms with Crippen molar-refractivity contribution in [1.29, 1.82) is 0 Å². The molecule has 0 saturated carbocycles. The number of hydrogen-bond donors (Lipinski definition) is 2. The summed E-state index contributed by atoms with van der Waals surface area (Å²) in [5.74, 6) is -0.628. The number of carbonyl (C=O) groups is 3. The van der Waals surface area contributed by atoms with Crippen molar-refractivity contribution in [2.24, 2.45) is 5.41 Å². The molecule has 2 rings (SSSR count). The minimum atomic E-state index is -2.15. The number of carbonyl (C=O) groups excluding carboxylic acids is 2. The van der Waals surface area contributed by atoms with Gasteiger partial charge in [0.25, 0.3) is 0 Å². The quantitative estimate of drug-likeness (QED) is 0.331. The number of amides is 4. The average molecular weight is 615 g/mol. The number of carboxylic acid groups (broad SMARTS) is 1. The van der Waals surface area contributed by atoms with E-state index in [4.69, 9.17) is 16.0 Å². The third kappa shape index (κ3) is 9.31. The molecule has 12 heteroatoms. The lowest BCUT2D eigenvalue weighted by Crippen LogP contribution is -2.60. The van der Waals surface area contributed by atoms with E-state index in [-0.39, 0.29) is 66.1 Å². The molecule has 9 nitrogen and oxygen atoms in total. The smallest absolute Gasteiger partial charge is 0.407 e. The van der Waals surface area contributed by atoms with E-state index in [9.17, 15) is 23.9 Å². The van der Waals surface area contributed by atoms with E-state index in [2.05, 4.69) is 39.2 Å². The fraction of sp³-hybridized carbons (Fsp3) is 0.690. The van der Waals surface area contributed by atoms with Crippen LogP contribution in [0.5, 0.6) is 0 Å². The number of likely N-dealkylation sites (N-methyl/N-ethyl adjacent to an activating group) is 1. The standard InChI is InChI=1S/C29H48ClFN4O5Si/c1-28(2,3)23-18-34(27(38)39)15-16-35(23)24(36)14-13-21(19-40-41(8,9)29(4,5)6)33(7)26(37)32-17-20-11-10-12-22(31)25(20)30/h10-12,21,23H,13-19H2,1-9H3,(H,32,37)(H,38,39). The minimum Gasteiger partial charge on any atom is -0.465 e. The van der Waals surface area contributed by atoms with Gasteiger partial charge in [-0.05, 0) is 41.6 Å². The molecule has 0 spiro atoms. The summed E-state index contributed by atoms with van der Waals surface area (Å²) in [6.45, 7) is 17.9. The third-order valence-corrected chi connectivity index (χ3v) is 13.4. The van der Waals surface area contributed by atoms with Crippen LogP contribution in [0, 0.1) is 11.2 Å². The maximum Gasteiger partial charge on any atom is 0.407 e. The molecule has 1 aliphatic heterocycles. The molecule has 4 amide bonds. The van der Waals surface area contributed by atoms with E-state index in [1.807, 2.05) is 20.8 Å². The highest BCUT2D eigenvalue weighted by Gasteiger charge is 2.40. The molecule has 1 aromatic rings. The fourth-order valence-electron chi connectivity index (χ4n) is 4.49. The molecule has 2 N–H and O–H groups in total. The molecular weight excluding hydrogens is 567 g/mol. The number of hydrogen-bond acceptors (Lipinski definition) is 4. The highest BCUT2D eigenvalue weighted by Crippen LogP contribution is 2.37. The zero-order valence-electron chi connectivity index (χ0n) is 26.0. The summed E-state index contributed by atoms with van der Waals surface area (Å²) in [6.07, 6.45) is -0.437. The predicted octanol–water partition coefficient (Wildman–Crippen LogP) is 6.03. The molecule has 41 heavy (non-hydrogen) atoms. The Labute approximate surface area is 250 Å². The van der Waals surface area contributed by atoms with Crippen LogP contribution in [0.2, 0.25) is 23.2 Å². The monoisotopic (exact) mass is 614 g/mol. The summed E-state index contributed by atoms with van der Waals surface area (Å²) in [5.41, 5.74) is 0.148. The summed E-state index contributed by atoms with van der Waals surface area (Å²) >= 11 is 6.06. The Bertz CT molecular complexity index is 1090. The van der Waals surface area contributed by atoms with Gasteiger partial charge >= 0.3 is 12.1 Å². The van der Waals surface area contributed by atoms with Crippen molar-refractivity contribution >= 4 is 37.9 Å². The lowest BCUT2D eigenvalue weighted by molar-refractivity contribution is -0.139. The van der Waals surface area contributed by atoms with Gasteiger partial charge in [0.05, 0.1) is 23.7 Å². The van der Waals surface area contributed by atoms with Crippen molar-refractivity contribution in [2.75, 3.05) is 33.3 Å². The second-order valence-corrected chi connectivity index (χ2v) is 18.6. The summed E-state index contributed by atoms with van der Waals surface area (Å²) in [7, 11) is -0.487.